The Bertz CT molecular complexity index is 763. The van der Waals surface area contributed by atoms with E-state index in [1.807, 2.05) is 43.3 Å². The zero-order chi connectivity index (χ0) is 19.8. The summed E-state index contributed by atoms with van der Waals surface area (Å²) in [5.74, 6) is -0.505. The Kier molecular flexibility index (Phi) is 7.34. The van der Waals surface area contributed by atoms with Gasteiger partial charge in [-0.1, -0.05) is 60.7 Å². The molecule has 0 radical (unpaired) electrons. The number of hydrogen-bond acceptors (Lipinski definition) is 5. The number of carbonyl (C=O) groups is 2. The van der Waals surface area contributed by atoms with Crippen LogP contribution in [0.2, 0.25) is 0 Å². The average Bonchev–Trinajstić information content (AvgIpc) is 3.19. The fourth-order valence-corrected chi connectivity index (χ4v) is 3.45. The van der Waals surface area contributed by atoms with Gasteiger partial charge in [-0.25, -0.2) is 0 Å². The number of ether oxygens (including phenoxy) is 2. The lowest BCUT2D eigenvalue weighted by molar-refractivity contribution is -0.148. The maximum Gasteiger partial charge on any atom is 0.323 e. The van der Waals surface area contributed by atoms with E-state index in [4.69, 9.17) is 9.47 Å². The first-order valence-electron chi connectivity index (χ1n) is 9.78. The first-order valence-corrected chi connectivity index (χ1v) is 9.78. The summed E-state index contributed by atoms with van der Waals surface area (Å²) >= 11 is 0. The number of likely N-dealkylation sites (tertiary alicyclic amines) is 1. The van der Waals surface area contributed by atoms with Gasteiger partial charge in [-0.3, -0.25) is 14.5 Å². The Labute approximate surface area is 166 Å². The molecule has 2 aromatic carbocycles. The lowest BCUT2D eigenvalue weighted by Gasteiger charge is -2.26. The predicted molar refractivity (Wildman–Crippen MR) is 107 cm³/mol. The Morgan fingerprint density at radius 1 is 1.07 bits per heavy atom. The monoisotopic (exact) mass is 381 g/mol. The summed E-state index contributed by atoms with van der Waals surface area (Å²) in [7, 11) is 0. The number of esters is 1. The molecule has 0 amide bonds. The van der Waals surface area contributed by atoms with E-state index in [0.29, 0.717) is 18.7 Å². The number of benzene rings is 2. The van der Waals surface area contributed by atoms with Gasteiger partial charge >= 0.3 is 5.97 Å². The van der Waals surface area contributed by atoms with E-state index >= 15 is 0 Å². The van der Waals surface area contributed by atoms with Crippen LogP contribution in [0.5, 0.6) is 0 Å². The average molecular weight is 381 g/mol. The van der Waals surface area contributed by atoms with Gasteiger partial charge in [0.05, 0.1) is 12.7 Å². The van der Waals surface area contributed by atoms with Crippen molar-refractivity contribution in [3.05, 3.63) is 71.8 Å². The standard InChI is InChI=1S/C23H27NO4/c1-18(27-16-19-9-4-2-5-10-19)15-24-14-8-13-21(24)23(26)28-17-22(25)20-11-6-3-7-12-20/h2-7,9-12,18,21H,8,13-17H2,1H3/t18?,21-/m0/s1. The molecule has 3 rings (SSSR count). The second-order valence-electron chi connectivity index (χ2n) is 7.16. The zero-order valence-corrected chi connectivity index (χ0v) is 16.3. The number of hydrogen-bond donors (Lipinski definition) is 0. The van der Waals surface area contributed by atoms with Gasteiger partial charge in [0.1, 0.15) is 6.04 Å². The number of nitrogens with zero attached hydrogens (tertiary/aromatic N) is 1. The normalized spacial score (nSPS) is 18.0. The summed E-state index contributed by atoms with van der Waals surface area (Å²) in [5, 5.41) is 0. The SMILES string of the molecule is CC(CN1CCC[C@H]1C(=O)OCC(=O)c1ccccc1)OCc1ccccc1. The summed E-state index contributed by atoms with van der Waals surface area (Å²) in [6.07, 6.45) is 1.70. The molecular weight excluding hydrogens is 354 g/mol. The molecule has 0 spiro atoms. The Hall–Kier alpha value is -2.50. The van der Waals surface area contributed by atoms with Gasteiger partial charge in [-0.15, -0.1) is 0 Å². The summed E-state index contributed by atoms with van der Waals surface area (Å²) in [6.45, 7) is 3.86. The molecule has 28 heavy (non-hydrogen) atoms. The van der Waals surface area contributed by atoms with Crippen LogP contribution < -0.4 is 0 Å². The van der Waals surface area contributed by atoms with Crippen molar-refractivity contribution in [2.24, 2.45) is 0 Å². The predicted octanol–water partition coefficient (Wildman–Crippen LogP) is 3.48. The molecule has 1 fully saturated rings. The highest BCUT2D eigenvalue weighted by molar-refractivity contribution is 5.98. The van der Waals surface area contributed by atoms with Crippen LogP contribution in [0.3, 0.4) is 0 Å². The Balaban J connectivity index is 1.45. The Morgan fingerprint density at radius 2 is 1.75 bits per heavy atom. The first kappa shape index (κ1) is 20.2. The molecule has 1 heterocycles. The fourth-order valence-electron chi connectivity index (χ4n) is 3.45. The van der Waals surface area contributed by atoms with Crippen molar-refractivity contribution < 1.29 is 19.1 Å². The van der Waals surface area contributed by atoms with Crippen LogP contribution in [-0.4, -0.2) is 48.5 Å². The van der Waals surface area contributed by atoms with Crippen molar-refractivity contribution in [1.29, 1.82) is 0 Å². The first-order chi connectivity index (χ1) is 13.6. The van der Waals surface area contributed by atoms with Crippen LogP contribution in [0, 0.1) is 0 Å². The maximum absolute atomic E-state index is 12.5. The second kappa shape index (κ2) is 10.2. The smallest absolute Gasteiger partial charge is 0.323 e. The molecule has 1 aliphatic rings. The van der Waals surface area contributed by atoms with Crippen molar-refractivity contribution in [2.45, 2.75) is 38.5 Å². The maximum atomic E-state index is 12.5. The number of rotatable bonds is 9. The Morgan fingerprint density at radius 3 is 2.46 bits per heavy atom. The van der Waals surface area contributed by atoms with E-state index in [9.17, 15) is 9.59 Å². The minimum atomic E-state index is -0.322. The van der Waals surface area contributed by atoms with Crippen LogP contribution in [-0.2, 0) is 20.9 Å². The highest BCUT2D eigenvalue weighted by Crippen LogP contribution is 2.20. The minimum absolute atomic E-state index is 0.000410. The van der Waals surface area contributed by atoms with Gasteiger partial charge in [0.25, 0.3) is 0 Å². The summed E-state index contributed by atoms with van der Waals surface area (Å²) in [5.41, 5.74) is 1.69. The molecule has 0 aliphatic carbocycles. The highest BCUT2D eigenvalue weighted by Gasteiger charge is 2.33. The van der Waals surface area contributed by atoms with Crippen LogP contribution in [0.1, 0.15) is 35.7 Å². The van der Waals surface area contributed by atoms with E-state index in [-0.39, 0.29) is 30.5 Å². The third-order valence-corrected chi connectivity index (χ3v) is 4.95. The molecule has 0 saturated carbocycles. The molecule has 0 aromatic heterocycles. The molecule has 1 saturated heterocycles. The van der Waals surface area contributed by atoms with Gasteiger partial charge < -0.3 is 9.47 Å². The molecule has 0 bridgehead atoms. The van der Waals surface area contributed by atoms with Crippen molar-refractivity contribution >= 4 is 11.8 Å². The molecule has 2 atom stereocenters. The van der Waals surface area contributed by atoms with Crippen molar-refractivity contribution in [1.82, 2.24) is 4.90 Å². The third kappa shape index (κ3) is 5.75. The van der Waals surface area contributed by atoms with Crippen LogP contribution in [0.4, 0.5) is 0 Å². The zero-order valence-electron chi connectivity index (χ0n) is 16.3. The molecule has 0 N–H and O–H groups in total. The number of Topliss-reactive ketones (excluding diaryl/α,β-unsaturated/α-hetero) is 1. The molecule has 1 unspecified atom stereocenters. The van der Waals surface area contributed by atoms with Gasteiger partial charge in [-0.05, 0) is 31.9 Å². The molecule has 5 heteroatoms. The lowest BCUT2D eigenvalue weighted by Crippen LogP contribution is -2.41. The van der Waals surface area contributed by atoms with Crippen molar-refractivity contribution in [3.8, 4) is 0 Å². The van der Waals surface area contributed by atoms with E-state index < -0.39 is 0 Å². The molecular formula is C23H27NO4. The van der Waals surface area contributed by atoms with Crippen LogP contribution >= 0.6 is 0 Å². The quantitative estimate of drug-likeness (QED) is 0.492. The van der Waals surface area contributed by atoms with Crippen molar-refractivity contribution in [2.75, 3.05) is 19.7 Å². The number of carbonyl (C=O) groups excluding carboxylic acids is 2. The molecule has 5 nitrogen and oxygen atoms in total. The van der Waals surface area contributed by atoms with Crippen LogP contribution in [0.25, 0.3) is 0 Å². The molecule has 2 aromatic rings. The second-order valence-corrected chi connectivity index (χ2v) is 7.16. The van der Waals surface area contributed by atoms with Crippen molar-refractivity contribution in [3.63, 3.8) is 0 Å². The summed E-state index contributed by atoms with van der Waals surface area (Å²) in [6, 6.07) is 18.6. The largest absolute Gasteiger partial charge is 0.456 e. The lowest BCUT2D eigenvalue weighted by atomic mass is 10.1. The highest BCUT2D eigenvalue weighted by atomic mass is 16.5. The van der Waals surface area contributed by atoms with Crippen LogP contribution in [0.15, 0.2) is 60.7 Å². The van der Waals surface area contributed by atoms with E-state index in [2.05, 4.69) is 4.90 Å². The number of ketones is 1. The van der Waals surface area contributed by atoms with E-state index in [0.717, 1.165) is 24.9 Å². The fraction of sp³-hybridized carbons (Fsp3) is 0.391. The van der Waals surface area contributed by atoms with E-state index in [1.54, 1.807) is 24.3 Å². The van der Waals surface area contributed by atoms with Gasteiger partial charge in [0.15, 0.2) is 12.4 Å². The van der Waals surface area contributed by atoms with E-state index in [1.165, 1.54) is 0 Å². The van der Waals surface area contributed by atoms with Gasteiger partial charge in [0.2, 0.25) is 0 Å². The minimum Gasteiger partial charge on any atom is -0.456 e. The van der Waals surface area contributed by atoms with Gasteiger partial charge in [-0.2, -0.15) is 0 Å². The topological polar surface area (TPSA) is 55.8 Å². The third-order valence-electron chi connectivity index (χ3n) is 4.95. The van der Waals surface area contributed by atoms with Gasteiger partial charge in [0, 0.05) is 12.1 Å². The summed E-state index contributed by atoms with van der Waals surface area (Å²) < 4.78 is 11.2. The molecule has 1 aliphatic heterocycles. The summed E-state index contributed by atoms with van der Waals surface area (Å²) in [4.78, 5) is 26.7. The molecule has 148 valence electrons.